The van der Waals surface area contributed by atoms with Crippen molar-refractivity contribution in [3.8, 4) is 16.9 Å². The van der Waals surface area contributed by atoms with Crippen LogP contribution in [0.1, 0.15) is 20.8 Å². The molecule has 1 N–H and O–H groups in total. The monoisotopic (exact) mass is 377 g/mol. The Morgan fingerprint density at radius 2 is 1.78 bits per heavy atom. The van der Waals surface area contributed by atoms with E-state index in [0.29, 0.717) is 5.69 Å². The van der Waals surface area contributed by atoms with Crippen molar-refractivity contribution in [1.82, 2.24) is 0 Å². The first-order valence-electron chi connectivity index (χ1n) is 7.23. The lowest BCUT2D eigenvalue weighted by atomic mass is 10.0. The molecule has 0 unspecified atom stereocenters. The van der Waals surface area contributed by atoms with E-state index in [0.717, 1.165) is 21.3 Å². The molecule has 0 radical (unpaired) electrons. The van der Waals surface area contributed by atoms with Crippen LogP contribution in [0.25, 0.3) is 11.1 Å². The fraction of sp³-hybridized carbons (Fsp3) is 0.278. The summed E-state index contributed by atoms with van der Waals surface area (Å²) < 4.78 is 11.4. The molecule has 0 fully saturated rings. The van der Waals surface area contributed by atoms with Gasteiger partial charge in [-0.05, 0) is 50.6 Å². The number of hydrogen-bond acceptors (Lipinski definition) is 3. The molecule has 122 valence electrons. The Kier molecular flexibility index (Phi) is 5.31. The van der Waals surface area contributed by atoms with Crippen molar-refractivity contribution < 1.29 is 14.3 Å². The molecule has 0 aromatic heterocycles. The summed E-state index contributed by atoms with van der Waals surface area (Å²) >= 11 is 3.55. The number of methoxy groups -OCH3 is 1. The molecule has 0 atom stereocenters. The standard InChI is InChI=1S/C18H20BrNO3/c1-18(2,3)23-17(21)20-16-8-6-5-7-14(16)13-10-9-12(22-4)11-15(13)19/h5-11H,1-4H3,(H,20,21). The minimum atomic E-state index is -0.542. The predicted molar refractivity (Wildman–Crippen MR) is 96.0 cm³/mol. The van der Waals surface area contributed by atoms with Crippen LogP contribution < -0.4 is 10.1 Å². The van der Waals surface area contributed by atoms with Crippen LogP contribution in [-0.2, 0) is 4.74 Å². The average Bonchev–Trinajstić information content (AvgIpc) is 2.46. The van der Waals surface area contributed by atoms with E-state index in [9.17, 15) is 4.79 Å². The second-order valence-corrected chi connectivity index (χ2v) is 6.87. The van der Waals surface area contributed by atoms with Gasteiger partial charge in [0.15, 0.2) is 0 Å². The van der Waals surface area contributed by atoms with E-state index in [1.165, 1.54) is 0 Å². The topological polar surface area (TPSA) is 47.6 Å². The second kappa shape index (κ2) is 7.04. The van der Waals surface area contributed by atoms with Crippen LogP contribution in [0.2, 0.25) is 0 Å². The fourth-order valence-corrected chi connectivity index (χ4v) is 2.65. The minimum Gasteiger partial charge on any atom is -0.497 e. The van der Waals surface area contributed by atoms with Crippen LogP contribution in [0.15, 0.2) is 46.9 Å². The number of hydrogen-bond donors (Lipinski definition) is 1. The highest BCUT2D eigenvalue weighted by Gasteiger charge is 2.18. The molecule has 0 spiro atoms. The van der Waals surface area contributed by atoms with E-state index in [1.54, 1.807) is 7.11 Å². The lowest BCUT2D eigenvalue weighted by molar-refractivity contribution is 0.0636. The van der Waals surface area contributed by atoms with Gasteiger partial charge in [0, 0.05) is 10.0 Å². The molecule has 0 saturated heterocycles. The molecule has 0 aliphatic heterocycles. The zero-order valence-electron chi connectivity index (χ0n) is 13.6. The molecule has 0 heterocycles. The Bertz CT molecular complexity index is 708. The first kappa shape index (κ1) is 17.3. The van der Waals surface area contributed by atoms with E-state index in [1.807, 2.05) is 63.2 Å². The highest BCUT2D eigenvalue weighted by molar-refractivity contribution is 9.10. The van der Waals surface area contributed by atoms with Crippen molar-refractivity contribution >= 4 is 27.7 Å². The van der Waals surface area contributed by atoms with Crippen molar-refractivity contribution in [2.24, 2.45) is 0 Å². The van der Waals surface area contributed by atoms with E-state index < -0.39 is 11.7 Å². The summed E-state index contributed by atoms with van der Waals surface area (Å²) in [5, 5.41) is 2.81. The van der Waals surface area contributed by atoms with E-state index in [4.69, 9.17) is 9.47 Å². The summed E-state index contributed by atoms with van der Waals surface area (Å²) in [5.41, 5.74) is 2.00. The van der Waals surface area contributed by atoms with Crippen molar-refractivity contribution in [1.29, 1.82) is 0 Å². The highest BCUT2D eigenvalue weighted by Crippen LogP contribution is 2.35. The van der Waals surface area contributed by atoms with Crippen LogP contribution in [0.4, 0.5) is 10.5 Å². The number of anilines is 1. The second-order valence-electron chi connectivity index (χ2n) is 6.02. The van der Waals surface area contributed by atoms with Gasteiger partial charge in [-0.1, -0.05) is 34.1 Å². The molecular formula is C18H20BrNO3. The number of para-hydroxylation sites is 1. The molecule has 23 heavy (non-hydrogen) atoms. The average molecular weight is 378 g/mol. The summed E-state index contributed by atoms with van der Waals surface area (Å²) in [6, 6.07) is 13.3. The molecule has 5 heteroatoms. The van der Waals surface area contributed by atoms with Gasteiger partial charge in [0.2, 0.25) is 0 Å². The highest BCUT2D eigenvalue weighted by atomic mass is 79.9. The number of carbonyl (C=O) groups is 1. The van der Waals surface area contributed by atoms with Crippen molar-refractivity contribution in [2.45, 2.75) is 26.4 Å². The molecule has 0 bridgehead atoms. The Hall–Kier alpha value is -2.01. The van der Waals surface area contributed by atoms with Gasteiger partial charge < -0.3 is 9.47 Å². The molecule has 2 rings (SSSR count). The maximum atomic E-state index is 12.0. The summed E-state index contributed by atoms with van der Waals surface area (Å²) in [6.45, 7) is 5.50. The minimum absolute atomic E-state index is 0.477. The number of carbonyl (C=O) groups excluding carboxylic acids is 1. The van der Waals surface area contributed by atoms with Gasteiger partial charge in [-0.25, -0.2) is 4.79 Å². The van der Waals surface area contributed by atoms with Crippen LogP contribution in [0.5, 0.6) is 5.75 Å². The molecule has 0 aliphatic carbocycles. The number of nitrogens with one attached hydrogen (secondary N) is 1. The summed E-state index contributed by atoms with van der Waals surface area (Å²) in [6.07, 6.45) is -0.477. The van der Waals surface area contributed by atoms with Crippen LogP contribution in [0.3, 0.4) is 0 Å². The number of halogens is 1. The normalized spacial score (nSPS) is 11.0. The zero-order valence-corrected chi connectivity index (χ0v) is 15.2. The first-order chi connectivity index (χ1) is 10.8. The van der Waals surface area contributed by atoms with Crippen LogP contribution in [0, 0.1) is 0 Å². The molecule has 0 aliphatic rings. The molecule has 4 nitrogen and oxygen atoms in total. The van der Waals surface area contributed by atoms with Crippen LogP contribution >= 0.6 is 15.9 Å². The lowest BCUT2D eigenvalue weighted by Gasteiger charge is -2.20. The third-order valence-corrected chi connectivity index (χ3v) is 3.69. The Balaban J connectivity index is 2.33. The summed E-state index contributed by atoms with van der Waals surface area (Å²) in [5.74, 6) is 0.762. The number of amides is 1. The largest absolute Gasteiger partial charge is 0.497 e. The smallest absolute Gasteiger partial charge is 0.412 e. The summed E-state index contributed by atoms with van der Waals surface area (Å²) in [4.78, 5) is 12.0. The Labute approximate surface area is 144 Å². The summed E-state index contributed by atoms with van der Waals surface area (Å²) in [7, 11) is 1.62. The number of benzene rings is 2. The zero-order chi connectivity index (χ0) is 17.0. The molecule has 2 aromatic carbocycles. The third-order valence-electron chi connectivity index (χ3n) is 3.03. The van der Waals surface area contributed by atoms with E-state index >= 15 is 0 Å². The third kappa shape index (κ3) is 4.73. The van der Waals surface area contributed by atoms with Crippen molar-refractivity contribution in [3.05, 3.63) is 46.9 Å². The maximum Gasteiger partial charge on any atom is 0.412 e. The van der Waals surface area contributed by atoms with Gasteiger partial charge >= 0.3 is 6.09 Å². The molecule has 2 aromatic rings. The maximum absolute atomic E-state index is 12.0. The molecule has 1 amide bonds. The fourth-order valence-electron chi connectivity index (χ4n) is 2.08. The SMILES string of the molecule is COc1ccc(-c2ccccc2NC(=O)OC(C)(C)C)c(Br)c1. The Morgan fingerprint density at radius 1 is 1.09 bits per heavy atom. The van der Waals surface area contributed by atoms with Gasteiger partial charge in [0.05, 0.1) is 12.8 Å². The van der Waals surface area contributed by atoms with Gasteiger partial charge in [0.1, 0.15) is 11.4 Å². The predicted octanol–water partition coefficient (Wildman–Crippen LogP) is 5.47. The van der Waals surface area contributed by atoms with Gasteiger partial charge in [-0.2, -0.15) is 0 Å². The van der Waals surface area contributed by atoms with Crippen molar-refractivity contribution in [3.63, 3.8) is 0 Å². The quantitative estimate of drug-likeness (QED) is 0.770. The van der Waals surface area contributed by atoms with Gasteiger partial charge in [0.25, 0.3) is 0 Å². The van der Waals surface area contributed by atoms with Crippen molar-refractivity contribution in [2.75, 3.05) is 12.4 Å². The van der Waals surface area contributed by atoms with Crippen LogP contribution in [-0.4, -0.2) is 18.8 Å². The van der Waals surface area contributed by atoms with Gasteiger partial charge in [-0.15, -0.1) is 0 Å². The number of rotatable bonds is 3. The Morgan fingerprint density at radius 3 is 2.39 bits per heavy atom. The van der Waals surface area contributed by atoms with E-state index in [2.05, 4.69) is 21.2 Å². The lowest BCUT2D eigenvalue weighted by Crippen LogP contribution is -2.27. The number of ether oxygens (including phenoxy) is 2. The first-order valence-corrected chi connectivity index (χ1v) is 8.02. The molecular weight excluding hydrogens is 358 g/mol. The van der Waals surface area contributed by atoms with Gasteiger partial charge in [-0.3, -0.25) is 5.32 Å². The molecule has 0 saturated carbocycles. The van der Waals surface area contributed by atoms with E-state index in [-0.39, 0.29) is 0 Å².